The van der Waals surface area contributed by atoms with Gasteiger partial charge in [-0.25, -0.2) is 9.59 Å². The van der Waals surface area contributed by atoms with E-state index in [1.807, 2.05) is 37.3 Å². The molecule has 13 heteroatoms. The number of aldehydes is 1. The zero-order chi connectivity index (χ0) is 32.1. The highest BCUT2D eigenvalue weighted by Gasteiger charge is 2.36. The highest BCUT2D eigenvalue weighted by Crippen LogP contribution is 2.12. The average Bonchev–Trinajstić information content (AvgIpc) is 3.02. The maximum Gasteiger partial charge on any atom is 0.326 e. The van der Waals surface area contributed by atoms with Crippen molar-refractivity contribution in [1.29, 1.82) is 0 Å². The maximum atomic E-state index is 13.7. The number of carboxylic acids is 1. The summed E-state index contributed by atoms with van der Waals surface area (Å²) in [5.74, 6) is -2.72. The lowest BCUT2D eigenvalue weighted by atomic mass is 9.96. The lowest BCUT2D eigenvalue weighted by Gasteiger charge is -2.33. The van der Waals surface area contributed by atoms with Crippen molar-refractivity contribution in [2.45, 2.75) is 69.7 Å². The van der Waals surface area contributed by atoms with E-state index in [0.29, 0.717) is 24.7 Å². The second-order valence-electron chi connectivity index (χ2n) is 10.8. The predicted octanol–water partition coefficient (Wildman–Crippen LogP) is 0.484. The summed E-state index contributed by atoms with van der Waals surface area (Å²) in [5, 5.41) is 23.1. The number of nitrogens with zero attached hydrogens (tertiary/aromatic N) is 1. The minimum Gasteiger partial charge on any atom is -0.480 e. The van der Waals surface area contributed by atoms with E-state index in [2.05, 4.69) is 31.6 Å². The molecule has 8 N–H and O–H groups in total. The van der Waals surface area contributed by atoms with Crippen LogP contribution in [0.3, 0.4) is 0 Å². The first-order chi connectivity index (χ1) is 21.1. The van der Waals surface area contributed by atoms with Crippen LogP contribution >= 0.6 is 0 Å². The van der Waals surface area contributed by atoms with Gasteiger partial charge in [-0.1, -0.05) is 80.9 Å². The van der Waals surface area contributed by atoms with Gasteiger partial charge in [0.2, 0.25) is 11.8 Å². The molecule has 0 saturated carbocycles. The number of urea groups is 1. The molecule has 1 unspecified atom stereocenters. The molecule has 0 fully saturated rings. The van der Waals surface area contributed by atoms with E-state index in [9.17, 15) is 29.1 Å². The van der Waals surface area contributed by atoms with E-state index in [1.54, 1.807) is 37.3 Å². The molecule has 13 nitrogen and oxygen atoms in total. The van der Waals surface area contributed by atoms with Gasteiger partial charge in [0.05, 0.1) is 12.1 Å². The van der Waals surface area contributed by atoms with Crippen LogP contribution in [0.5, 0.6) is 0 Å². The van der Waals surface area contributed by atoms with Gasteiger partial charge in [0.1, 0.15) is 24.4 Å². The van der Waals surface area contributed by atoms with Crippen molar-refractivity contribution in [3.05, 3.63) is 71.8 Å². The van der Waals surface area contributed by atoms with E-state index in [1.165, 1.54) is 0 Å². The maximum absolute atomic E-state index is 13.7. The van der Waals surface area contributed by atoms with Crippen LogP contribution in [0.4, 0.5) is 4.79 Å². The van der Waals surface area contributed by atoms with Gasteiger partial charge in [0, 0.05) is 13.0 Å². The summed E-state index contributed by atoms with van der Waals surface area (Å²) >= 11 is 0. The normalized spacial score (nSPS) is 17.7. The van der Waals surface area contributed by atoms with Crippen LogP contribution in [-0.4, -0.2) is 77.9 Å². The van der Waals surface area contributed by atoms with Crippen molar-refractivity contribution in [2.75, 3.05) is 6.54 Å². The van der Waals surface area contributed by atoms with Gasteiger partial charge in [-0.05, 0) is 29.9 Å². The minimum atomic E-state index is -1.27. The van der Waals surface area contributed by atoms with Crippen LogP contribution in [0, 0.1) is 5.92 Å². The Morgan fingerprint density at radius 1 is 0.955 bits per heavy atom. The monoisotopic (exact) mass is 607 g/mol. The van der Waals surface area contributed by atoms with E-state index in [4.69, 9.17) is 5.73 Å². The van der Waals surface area contributed by atoms with Crippen LogP contribution in [0.15, 0.2) is 65.7 Å². The van der Waals surface area contributed by atoms with Crippen LogP contribution in [0.1, 0.15) is 37.8 Å². The number of aliphatic imine (C=N–C) groups is 1. The lowest BCUT2D eigenvalue weighted by molar-refractivity contribution is -0.139. The molecule has 6 atom stereocenters. The molecule has 2 aromatic carbocycles. The molecule has 0 aromatic heterocycles. The summed E-state index contributed by atoms with van der Waals surface area (Å²) < 4.78 is 0. The van der Waals surface area contributed by atoms with E-state index in [-0.39, 0.29) is 31.3 Å². The first-order valence-electron chi connectivity index (χ1n) is 14.6. The van der Waals surface area contributed by atoms with Gasteiger partial charge in [-0.15, -0.1) is 0 Å². The fourth-order valence-corrected chi connectivity index (χ4v) is 4.84. The lowest BCUT2D eigenvalue weighted by Crippen LogP contribution is -2.65. The topological polar surface area (TPSA) is 204 Å². The van der Waals surface area contributed by atoms with Crippen LogP contribution in [-0.2, 0) is 32.0 Å². The molecule has 0 saturated heterocycles. The SMILES string of the molecule is CC[C@H](C)[C@H](NC(=O)[C@@H](NC(=O)N[C@@H](Cc1ccccc1)C(=O)O)C1CCN=C(N)N1)C(=O)N[C@H](C=O)Cc1ccccc1. The van der Waals surface area contributed by atoms with Crippen molar-refractivity contribution in [3.63, 3.8) is 0 Å². The average molecular weight is 608 g/mol. The largest absolute Gasteiger partial charge is 0.480 e. The summed E-state index contributed by atoms with van der Waals surface area (Å²) in [5.41, 5.74) is 7.42. The molecule has 1 aliphatic rings. The Morgan fingerprint density at radius 2 is 1.57 bits per heavy atom. The smallest absolute Gasteiger partial charge is 0.326 e. The fourth-order valence-electron chi connectivity index (χ4n) is 4.84. The molecule has 236 valence electrons. The van der Waals surface area contributed by atoms with Crippen molar-refractivity contribution >= 4 is 36.1 Å². The van der Waals surface area contributed by atoms with Gasteiger partial charge in [-0.2, -0.15) is 0 Å². The number of rotatable bonds is 15. The number of amides is 4. The predicted molar refractivity (Wildman–Crippen MR) is 165 cm³/mol. The van der Waals surface area contributed by atoms with Gasteiger partial charge in [0.25, 0.3) is 0 Å². The van der Waals surface area contributed by atoms with Crippen molar-refractivity contribution in [3.8, 4) is 0 Å². The molecule has 3 rings (SSSR count). The number of guanidine groups is 1. The molecule has 1 heterocycles. The van der Waals surface area contributed by atoms with Gasteiger partial charge in [0.15, 0.2) is 5.96 Å². The Morgan fingerprint density at radius 3 is 2.11 bits per heavy atom. The van der Waals surface area contributed by atoms with Crippen molar-refractivity contribution < 1.29 is 29.1 Å². The van der Waals surface area contributed by atoms with Crippen LogP contribution in [0.2, 0.25) is 0 Å². The molecule has 44 heavy (non-hydrogen) atoms. The zero-order valence-corrected chi connectivity index (χ0v) is 24.9. The molecular weight excluding hydrogens is 566 g/mol. The Kier molecular flexibility index (Phi) is 12.7. The van der Waals surface area contributed by atoms with E-state index >= 15 is 0 Å². The number of carboxylic acid groups (broad SMARTS) is 1. The van der Waals surface area contributed by atoms with Gasteiger partial charge in [-0.3, -0.25) is 14.6 Å². The molecular formula is C31H41N7O6. The van der Waals surface area contributed by atoms with Crippen molar-refractivity contribution in [2.24, 2.45) is 16.6 Å². The number of benzene rings is 2. The number of carbonyl (C=O) groups excluding carboxylic acids is 4. The number of aliphatic carboxylic acids is 1. The fraction of sp³-hybridized carbons (Fsp3) is 0.419. The minimum absolute atomic E-state index is 0.0267. The van der Waals surface area contributed by atoms with E-state index < -0.39 is 54.0 Å². The van der Waals surface area contributed by atoms with E-state index in [0.717, 1.165) is 5.56 Å². The highest BCUT2D eigenvalue weighted by molar-refractivity contribution is 5.94. The molecule has 0 aliphatic carbocycles. The molecule has 0 radical (unpaired) electrons. The number of hydrogen-bond donors (Lipinski definition) is 7. The Bertz CT molecular complexity index is 1310. The second-order valence-corrected chi connectivity index (χ2v) is 10.8. The standard InChI is InChI=1S/C31H41N7O6/c1-3-19(2)25(27(40)34-22(18-39)16-20-10-6-4-7-11-20)37-28(41)26(23-14-15-33-30(32)35-23)38-31(44)36-24(29(42)43)17-21-12-8-5-9-13-21/h4-13,18-19,22-26H,3,14-17H2,1-2H3,(H,34,40)(H,37,41)(H,42,43)(H3,32,33,35)(H2,36,38,44)/t19-,22-,23?,24-,25-,26-/m0/s1. The van der Waals surface area contributed by atoms with Crippen molar-refractivity contribution in [1.82, 2.24) is 26.6 Å². The highest BCUT2D eigenvalue weighted by atomic mass is 16.4. The number of nitrogens with two attached hydrogens (primary N) is 1. The second kappa shape index (κ2) is 16.6. The number of hydrogen-bond acceptors (Lipinski definition) is 8. The summed E-state index contributed by atoms with van der Waals surface area (Å²) in [6.45, 7) is 3.94. The quantitative estimate of drug-likeness (QED) is 0.142. The first kappa shape index (κ1) is 33.6. The zero-order valence-electron chi connectivity index (χ0n) is 24.9. The summed E-state index contributed by atoms with van der Waals surface area (Å²) in [4.78, 5) is 68.0. The third kappa shape index (κ3) is 10.1. The Hall–Kier alpha value is -4.94. The Labute approximate surface area is 256 Å². The third-order valence-corrected chi connectivity index (χ3v) is 7.50. The van der Waals surface area contributed by atoms with Crippen LogP contribution in [0.25, 0.3) is 0 Å². The molecule has 0 spiro atoms. The molecule has 2 aromatic rings. The summed E-state index contributed by atoms with van der Waals surface area (Å²) in [6.07, 6.45) is 1.81. The summed E-state index contributed by atoms with van der Waals surface area (Å²) in [6, 6.07) is 12.1. The number of nitrogens with one attached hydrogen (secondary N) is 5. The van der Waals surface area contributed by atoms with Crippen LogP contribution < -0.4 is 32.3 Å². The first-order valence-corrected chi connectivity index (χ1v) is 14.6. The molecule has 0 bridgehead atoms. The van der Waals surface area contributed by atoms with Gasteiger partial charge >= 0.3 is 12.0 Å². The Balaban J connectivity index is 1.76. The third-order valence-electron chi connectivity index (χ3n) is 7.50. The molecule has 1 aliphatic heterocycles. The van der Waals surface area contributed by atoms with Gasteiger partial charge < -0.3 is 42.2 Å². The number of carbonyl (C=O) groups is 5. The molecule has 4 amide bonds. The summed E-state index contributed by atoms with van der Waals surface area (Å²) in [7, 11) is 0.